The summed E-state index contributed by atoms with van der Waals surface area (Å²) < 4.78 is 5.26. The molecule has 7 nitrogen and oxygen atoms in total. The Labute approximate surface area is 181 Å². The zero-order valence-corrected chi connectivity index (χ0v) is 17.6. The number of ether oxygens (including phenoxy) is 1. The molecule has 5 rings (SSSR count). The van der Waals surface area contributed by atoms with Gasteiger partial charge in [0.2, 0.25) is 11.8 Å². The lowest BCUT2D eigenvalue weighted by molar-refractivity contribution is -0.136. The van der Waals surface area contributed by atoms with E-state index in [0.717, 1.165) is 35.4 Å². The number of imidazole rings is 1. The maximum atomic E-state index is 13.1. The molecule has 0 aliphatic carbocycles. The summed E-state index contributed by atoms with van der Waals surface area (Å²) in [5.74, 6) is 1.82. The number of carbonyl (C=O) groups is 2. The molecule has 160 valence electrons. The van der Waals surface area contributed by atoms with Crippen molar-refractivity contribution in [3.05, 3.63) is 54.4 Å². The predicted molar refractivity (Wildman–Crippen MR) is 118 cm³/mol. The highest BCUT2D eigenvalue weighted by atomic mass is 16.5. The molecule has 31 heavy (non-hydrogen) atoms. The summed E-state index contributed by atoms with van der Waals surface area (Å²) in [7, 11) is 1.60. The van der Waals surface area contributed by atoms with Gasteiger partial charge in [0.05, 0.1) is 24.1 Å². The van der Waals surface area contributed by atoms with Gasteiger partial charge in [0.25, 0.3) is 0 Å². The van der Waals surface area contributed by atoms with Crippen LogP contribution in [0.1, 0.15) is 31.0 Å². The van der Waals surface area contributed by atoms with Crippen molar-refractivity contribution in [3.63, 3.8) is 0 Å². The number of carbonyl (C=O) groups excluding carboxylic acids is 2. The van der Waals surface area contributed by atoms with E-state index in [9.17, 15) is 9.59 Å². The predicted octanol–water partition coefficient (Wildman–Crippen LogP) is 3.33. The normalized spacial score (nSPS) is 19.9. The van der Waals surface area contributed by atoms with Gasteiger partial charge in [-0.1, -0.05) is 18.2 Å². The lowest BCUT2D eigenvalue weighted by Crippen LogP contribution is -2.42. The Balaban J connectivity index is 1.22. The first-order chi connectivity index (χ1) is 15.1. The van der Waals surface area contributed by atoms with Crippen molar-refractivity contribution < 1.29 is 14.3 Å². The standard InChI is InChI=1S/C24H26N4O3/c1-31-19-6-4-5-18(14-19)28-15-17(13-22(28)29)24(30)27-11-9-16(10-12-27)23-25-20-7-2-3-8-21(20)26-23/h2-8,14,16-17H,9-13,15H2,1H3,(H,25,26). The number of fused-ring (bicyclic) bond motifs is 1. The van der Waals surface area contributed by atoms with Crippen LogP contribution in [0.5, 0.6) is 5.75 Å². The maximum absolute atomic E-state index is 13.1. The Bertz CT molecular complexity index is 1080. The van der Waals surface area contributed by atoms with Crippen LogP contribution in [-0.4, -0.2) is 53.4 Å². The first-order valence-corrected chi connectivity index (χ1v) is 10.8. The third-order valence-electron chi connectivity index (χ3n) is 6.44. The van der Waals surface area contributed by atoms with Crippen LogP contribution in [0, 0.1) is 5.92 Å². The van der Waals surface area contributed by atoms with Crippen molar-refractivity contribution in [2.24, 2.45) is 5.92 Å². The fourth-order valence-electron chi connectivity index (χ4n) is 4.70. The summed E-state index contributed by atoms with van der Waals surface area (Å²) in [5.41, 5.74) is 2.82. The van der Waals surface area contributed by atoms with E-state index in [2.05, 4.69) is 4.98 Å². The zero-order chi connectivity index (χ0) is 21.4. The van der Waals surface area contributed by atoms with Crippen molar-refractivity contribution in [1.29, 1.82) is 0 Å². The van der Waals surface area contributed by atoms with Crippen LogP contribution in [-0.2, 0) is 9.59 Å². The number of hydrogen-bond donors (Lipinski definition) is 1. The number of rotatable bonds is 4. The molecule has 3 aromatic rings. The summed E-state index contributed by atoms with van der Waals surface area (Å²) in [5, 5.41) is 0. The zero-order valence-electron chi connectivity index (χ0n) is 17.6. The SMILES string of the molecule is COc1cccc(N2CC(C(=O)N3CCC(c4nc5ccccc5[nH]4)CC3)CC2=O)c1. The number of para-hydroxylation sites is 2. The Kier molecular flexibility index (Phi) is 5.10. The molecule has 3 heterocycles. The molecule has 7 heteroatoms. The molecule has 1 unspecified atom stereocenters. The van der Waals surface area contributed by atoms with Gasteiger partial charge < -0.3 is 19.5 Å². The summed E-state index contributed by atoms with van der Waals surface area (Å²) in [6.07, 6.45) is 2.02. The number of amides is 2. The highest BCUT2D eigenvalue weighted by Gasteiger charge is 2.38. The molecule has 2 amide bonds. The van der Waals surface area contributed by atoms with E-state index in [0.29, 0.717) is 31.3 Å². The molecule has 1 aromatic heterocycles. The van der Waals surface area contributed by atoms with Gasteiger partial charge in [0, 0.05) is 43.7 Å². The van der Waals surface area contributed by atoms with Gasteiger partial charge in [-0.05, 0) is 37.1 Å². The first-order valence-electron chi connectivity index (χ1n) is 10.8. The van der Waals surface area contributed by atoms with Crippen LogP contribution < -0.4 is 9.64 Å². The minimum absolute atomic E-state index is 0.0104. The summed E-state index contributed by atoms with van der Waals surface area (Å²) in [4.78, 5) is 37.5. The largest absolute Gasteiger partial charge is 0.497 e. The van der Waals surface area contributed by atoms with E-state index >= 15 is 0 Å². The Morgan fingerprint density at radius 3 is 2.71 bits per heavy atom. The van der Waals surface area contributed by atoms with Gasteiger partial charge in [0.1, 0.15) is 11.6 Å². The molecule has 2 aliphatic rings. The highest BCUT2D eigenvalue weighted by Crippen LogP contribution is 2.32. The fourth-order valence-corrected chi connectivity index (χ4v) is 4.70. The Hall–Kier alpha value is -3.35. The van der Waals surface area contributed by atoms with E-state index in [1.165, 1.54) is 0 Å². The lowest BCUT2D eigenvalue weighted by Gasteiger charge is -2.32. The van der Waals surface area contributed by atoms with Crippen LogP contribution >= 0.6 is 0 Å². The van der Waals surface area contributed by atoms with Crippen molar-refractivity contribution in [2.45, 2.75) is 25.2 Å². The number of hydrogen-bond acceptors (Lipinski definition) is 4. The molecule has 1 N–H and O–H groups in total. The number of methoxy groups -OCH3 is 1. The monoisotopic (exact) mass is 418 g/mol. The second-order valence-electron chi connectivity index (χ2n) is 8.35. The molecule has 0 radical (unpaired) electrons. The molecule has 0 saturated carbocycles. The number of anilines is 1. The number of aromatic nitrogens is 2. The molecule has 0 bridgehead atoms. The smallest absolute Gasteiger partial charge is 0.228 e. The van der Waals surface area contributed by atoms with Crippen molar-refractivity contribution in [2.75, 3.05) is 31.6 Å². The quantitative estimate of drug-likeness (QED) is 0.705. The summed E-state index contributed by atoms with van der Waals surface area (Å²) in [6, 6.07) is 15.5. The number of H-pyrrole nitrogens is 1. The van der Waals surface area contributed by atoms with Crippen molar-refractivity contribution in [3.8, 4) is 5.75 Å². The topological polar surface area (TPSA) is 78.5 Å². The van der Waals surface area contributed by atoms with Gasteiger partial charge >= 0.3 is 0 Å². The number of benzene rings is 2. The third kappa shape index (κ3) is 3.76. The molecule has 1 atom stereocenters. The number of nitrogens with one attached hydrogen (secondary N) is 1. The molecular formula is C24H26N4O3. The van der Waals surface area contributed by atoms with E-state index in [-0.39, 0.29) is 24.2 Å². The molecule has 2 aromatic carbocycles. The van der Waals surface area contributed by atoms with E-state index in [4.69, 9.17) is 9.72 Å². The fraction of sp³-hybridized carbons (Fsp3) is 0.375. The molecule has 2 fully saturated rings. The third-order valence-corrected chi connectivity index (χ3v) is 6.44. The average molecular weight is 418 g/mol. The minimum Gasteiger partial charge on any atom is -0.497 e. The van der Waals surface area contributed by atoms with Crippen LogP contribution in [0.15, 0.2) is 48.5 Å². The van der Waals surface area contributed by atoms with Crippen molar-refractivity contribution in [1.82, 2.24) is 14.9 Å². The average Bonchev–Trinajstić information content (AvgIpc) is 3.42. The van der Waals surface area contributed by atoms with E-state index in [1.807, 2.05) is 53.4 Å². The number of aromatic amines is 1. The molecular weight excluding hydrogens is 392 g/mol. The maximum Gasteiger partial charge on any atom is 0.228 e. The second kappa shape index (κ2) is 8.06. The number of likely N-dealkylation sites (tertiary alicyclic amines) is 1. The van der Waals surface area contributed by atoms with Crippen LogP contribution in [0.3, 0.4) is 0 Å². The number of piperidine rings is 1. The Morgan fingerprint density at radius 2 is 1.94 bits per heavy atom. The molecule has 2 saturated heterocycles. The van der Waals surface area contributed by atoms with Crippen LogP contribution in [0.2, 0.25) is 0 Å². The van der Waals surface area contributed by atoms with Gasteiger partial charge in [-0.3, -0.25) is 9.59 Å². The second-order valence-corrected chi connectivity index (χ2v) is 8.35. The number of nitrogens with zero attached hydrogens (tertiary/aromatic N) is 3. The molecule has 2 aliphatic heterocycles. The van der Waals surface area contributed by atoms with Gasteiger partial charge in [0.15, 0.2) is 0 Å². The molecule has 0 spiro atoms. The Morgan fingerprint density at radius 1 is 1.13 bits per heavy atom. The minimum atomic E-state index is -0.290. The van der Waals surface area contributed by atoms with Gasteiger partial charge in [-0.25, -0.2) is 4.98 Å². The lowest BCUT2D eigenvalue weighted by atomic mass is 9.95. The van der Waals surface area contributed by atoms with E-state index in [1.54, 1.807) is 12.0 Å². The summed E-state index contributed by atoms with van der Waals surface area (Å²) >= 11 is 0. The first kappa shape index (κ1) is 19.6. The van der Waals surface area contributed by atoms with E-state index < -0.39 is 0 Å². The van der Waals surface area contributed by atoms with Gasteiger partial charge in [-0.2, -0.15) is 0 Å². The van der Waals surface area contributed by atoms with Gasteiger partial charge in [-0.15, -0.1) is 0 Å². The highest BCUT2D eigenvalue weighted by molar-refractivity contribution is 6.00. The van der Waals surface area contributed by atoms with Crippen LogP contribution in [0.4, 0.5) is 5.69 Å². The van der Waals surface area contributed by atoms with Crippen LogP contribution in [0.25, 0.3) is 11.0 Å². The van der Waals surface area contributed by atoms with Crippen molar-refractivity contribution >= 4 is 28.5 Å². The summed E-state index contributed by atoms with van der Waals surface area (Å²) in [6.45, 7) is 1.82.